The number of ether oxygens (including phenoxy) is 1. The van der Waals surface area contributed by atoms with Crippen molar-refractivity contribution in [2.75, 3.05) is 39.4 Å². The molecule has 1 amide bonds. The summed E-state index contributed by atoms with van der Waals surface area (Å²) in [6.45, 7) is 9.86. The minimum Gasteiger partial charge on any atom is -0.508 e. The molecule has 0 radical (unpaired) electrons. The summed E-state index contributed by atoms with van der Waals surface area (Å²) >= 11 is 11.1. The Kier molecular flexibility index (Phi) is 11.7. The fraction of sp³-hybridized carbons (Fsp3) is 0.632. The Balaban J connectivity index is 0.000000314. The average Bonchev–Trinajstić information content (AvgIpc) is 2.66. The highest BCUT2D eigenvalue weighted by atomic mass is 35.5. The van der Waals surface area contributed by atoms with E-state index in [1.807, 2.05) is 4.90 Å². The number of hydrogen-bond acceptors (Lipinski definition) is 4. The second kappa shape index (κ2) is 13.2. The fourth-order valence-electron chi connectivity index (χ4n) is 2.89. The van der Waals surface area contributed by atoms with E-state index in [1.165, 1.54) is 12.1 Å². The predicted octanol–water partition coefficient (Wildman–Crippen LogP) is 4.05. The van der Waals surface area contributed by atoms with Crippen LogP contribution in [0.15, 0.2) is 18.2 Å². The van der Waals surface area contributed by atoms with Gasteiger partial charge in [-0.2, -0.15) is 0 Å². The SMILES string of the molecule is CCCN(C=O)CCC(CC)N1CCOCC1.Oc1ccc(Cl)c(Cl)c1. The molecule has 1 aliphatic rings. The lowest BCUT2D eigenvalue weighted by Crippen LogP contribution is -2.44. The van der Waals surface area contributed by atoms with Crippen LogP contribution in [0.4, 0.5) is 0 Å². The van der Waals surface area contributed by atoms with Crippen LogP contribution in [0.2, 0.25) is 10.0 Å². The first-order chi connectivity index (χ1) is 12.5. The van der Waals surface area contributed by atoms with E-state index in [0.717, 1.165) is 65.1 Å². The quantitative estimate of drug-likeness (QED) is 0.663. The van der Waals surface area contributed by atoms with Gasteiger partial charge in [0.1, 0.15) is 5.75 Å². The van der Waals surface area contributed by atoms with Crippen molar-refractivity contribution in [3.05, 3.63) is 28.2 Å². The lowest BCUT2D eigenvalue weighted by Gasteiger charge is -2.34. The van der Waals surface area contributed by atoms with Gasteiger partial charge in [-0.05, 0) is 37.5 Å². The molecule has 1 unspecified atom stereocenters. The number of benzene rings is 1. The fourth-order valence-corrected chi connectivity index (χ4v) is 3.18. The zero-order valence-corrected chi connectivity index (χ0v) is 17.2. The van der Waals surface area contributed by atoms with Crippen LogP contribution in [-0.4, -0.2) is 66.8 Å². The Labute approximate surface area is 166 Å². The molecular weight excluding hydrogens is 375 g/mol. The van der Waals surface area contributed by atoms with Gasteiger partial charge >= 0.3 is 0 Å². The summed E-state index contributed by atoms with van der Waals surface area (Å²) in [5.74, 6) is 0.129. The summed E-state index contributed by atoms with van der Waals surface area (Å²) in [6.07, 6.45) is 4.25. The second-order valence-corrected chi connectivity index (χ2v) is 7.05. The number of halogens is 2. The maximum absolute atomic E-state index is 10.9. The number of morpholine rings is 1. The Bertz CT molecular complexity index is 526. The van der Waals surface area contributed by atoms with Crippen LogP contribution in [0.3, 0.4) is 0 Å². The molecule has 1 fully saturated rings. The van der Waals surface area contributed by atoms with Crippen molar-refractivity contribution in [2.24, 2.45) is 0 Å². The first kappa shape index (κ1) is 23.0. The Morgan fingerprint density at radius 2 is 1.92 bits per heavy atom. The van der Waals surface area contributed by atoms with Gasteiger partial charge < -0.3 is 14.7 Å². The molecule has 148 valence electrons. The molecule has 1 atom stereocenters. The predicted molar refractivity (Wildman–Crippen MR) is 107 cm³/mol. The molecule has 0 bridgehead atoms. The molecule has 7 heteroatoms. The summed E-state index contributed by atoms with van der Waals surface area (Å²) in [4.78, 5) is 15.3. The Morgan fingerprint density at radius 1 is 1.23 bits per heavy atom. The highest BCUT2D eigenvalue weighted by Crippen LogP contribution is 2.25. The molecule has 1 saturated heterocycles. The number of phenols is 1. The van der Waals surface area contributed by atoms with Gasteiger partial charge in [0, 0.05) is 32.2 Å². The van der Waals surface area contributed by atoms with E-state index >= 15 is 0 Å². The Hall–Kier alpha value is -1.01. The first-order valence-electron chi connectivity index (χ1n) is 9.16. The van der Waals surface area contributed by atoms with E-state index in [0.29, 0.717) is 16.1 Å². The van der Waals surface area contributed by atoms with E-state index in [2.05, 4.69) is 18.7 Å². The lowest BCUT2D eigenvalue weighted by atomic mass is 10.1. The summed E-state index contributed by atoms with van der Waals surface area (Å²) in [5, 5.41) is 9.62. The van der Waals surface area contributed by atoms with Crippen molar-refractivity contribution in [3.63, 3.8) is 0 Å². The number of nitrogens with zero attached hydrogens (tertiary/aromatic N) is 2. The van der Waals surface area contributed by atoms with Gasteiger partial charge in [-0.3, -0.25) is 9.69 Å². The van der Waals surface area contributed by atoms with Gasteiger partial charge in [0.05, 0.1) is 23.3 Å². The van der Waals surface area contributed by atoms with Crippen LogP contribution >= 0.6 is 23.2 Å². The largest absolute Gasteiger partial charge is 0.508 e. The van der Waals surface area contributed by atoms with Crippen molar-refractivity contribution in [2.45, 2.75) is 39.2 Å². The maximum Gasteiger partial charge on any atom is 0.209 e. The van der Waals surface area contributed by atoms with Crippen molar-refractivity contribution in [1.82, 2.24) is 9.80 Å². The Morgan fingerprint density at radius 3 is 2.42 bits per heavy atom. The van der Waals surface area contributed by atoms with Crippen molar-refractivity contribution in [3.8, 4) is 5.75 Å². The minimum atomic E-state index is 0.129. The monoisotopic (exact) mass is 404 g/mol. The molecule has 0 aromatic heterocycles. The van der Waals surface area contributed by atoms with Crippen LogP contribution < -0.4 is 0 Å². The van der Waals surface area contributed by atoms with Gasteiger partial charge in [-0.25, -0.2) is 0 Å². The van der Waals surface area contributed by atoms with Crippen LogP contribution in [0, 0.1) is 0 Å². The molecule has 0 aliphatic carbocycles. The standard InChI is InChI=1S/C13H26N2O2.C6H4Cl2O/c1-3-6-14(12-16)7-5-13(4-2)15-8-10-17-11-9-15;7-5-2-1-4(9)3-6(5)8/h12-13H,3-11H2,1-2H3;1-3,9H. The molecule has 1 aromatic rings. The van der Waals surface area contributed by atoms with Gasteiger partial charge in [0.15, 0.2) is 0 Å². The number of phenolic OH excluding ortho intramolecular Hbond substituents is 1. The van der Waals surface area contributed by atoms with Gasteiger partial charge in [0.25, 0.3) is 0 Å². The molecule has 0 spiro atoms. The number of carbonyl (C=O) groups is 1. The zero-order chi connectivity index (χ0) is 19.4. The number of carbonyl (C=O) groups excluding carboxylic acids is 1. The molecule has 2 rings (SSSR count). The average molecular weight is 405 g/mol. The number of rotatable bonds is 8. The summed E-state index contributed by atoms with van der Waals surface area (Å²) in [6, 6.07) is 5.01. The van der Waals surface area contributed by atoms with Gasteiger partial charge in [-0.15, -0.1) is 0 Å². The second-order valence-electron chi connectivity index (χ2n) is 6.24. The van der Waals surface area contributed by atoms with Gasteiger partial charge in [0.2, 0.25) is 6.41 Å². The van der Waals surface area contributed by atoms with Crippen molar-refractivity contribution < 1.29 is 14.6 Å². The molecule has 1 N–H and O–H groups in total. The first-order valence-corrected chi connectivity index (χ1v) is 9.92. The molecule has 1 aromatic carbocycles. The topological polar surface area (TPSA) is 53.0 Å². The number of hydrogen-bond donors (Lipinski definition) is 1. The van der Waals surface area contributed by atoms with Crippen molar-refractivity contribution >= 4 is 29.6 Å². The smallest absolute Gasteiger partial charge is 0.209 e. The lowest BCUT2D eigenvalue weighted by molar-refractivity contribution is -0.118. The third-order valence-electron chi connectivity index (χ3n) is 4.35. The molecular formula is C19H30Cl2N2O3. The van der Waals surface area contributed by atoms with E-state index < -0.39 is 0 Å². The van der Waals surface area contributed by atoms with Crippen LogP contribution in [0.5, 0.6) is 5.75 Å². The third-order valence-corrected chi connectivity index (χ3v) is 5.08. The van der Waals surface area contributed by atoms with E-state index in [1.54, 1.807) is 6.07 Å². The highest BCUT2D eigenvalue weighted by molar-refractivity contribution is 6.42. The molecule has 0 saturated carbocycles. The minimum absolute atomic E-state index is 0.129. The molecule has 5 nitrogen and oxygen atoms in total. The summed E-state index contributed by atoms with van der Waals surface area (Å²) < 4.78 is 5.37. The van der Waals surface area contributed by atoms with Crippen LogP contribution in [0.25, 0.3) is 0 Å². The van der Waals surface area contributed by atoms with Crippen LogP contribution in [0.1, 0.15) is 33.1 Å². The number of amides is 1. The van der Waals surface area contributed by atoms with Gasteiger partial charge in [-0.1, -0.05) is 37.0 Å². The van der Waals surface area contributed by atoms with Crippen LogP contribution in [-0.2, 0) is 9.53 Å². The van der Waals surface area contributed by atoms with E-state index in [9.17, 15) is 4.79 Å². The number of aromatic hydroxyl groups is 1. The van der Waals surface area contributed by atoms with E-state index in [4.69, 9.17) is 33.0 Å². The zero-order valence-electron chi connectivity index (χ0n) is 15.7. The normalized spacial score (nSPS) is 15.7. The highest BCUT2D eigenvalue weighted by Gasteiger charge is 2.19. The summed E-state index contributed by atoms with van der Waals surface area (Å²) in [7, 11) is 0. The maximum atomic E-state index is 10.9. The molecule has 1 heterocycles. The molecule has 1 aliphatic heterocycles. The van der Waals surface area contributed by atoms with Crippen molar-refractivity contribution in [1.29, 1.82) is 0 Å². The summed E-state index contributed by atoms with van der Waals surface area (Å²) in [5.41, 5.74) is 0. The molecule has 26 heavy (non-hydrogen) atoms. The van der Waals surface area contributed by atoms with E-state index in [-0.39, 0.29) is 5.75 Å². The third kappa shape index (κ3) is 8.58.